The van der Waals surface area contributed by atoms with Crippen LogP contribution >= 0.6 is 11.3 Å². The molecule has 3 aromatic rings. The Kier molecular flexibility index (Phi) is 4.38. The van der Waals surface area contributed by atoms with Crippen molar-refractivity contribution in [2.75, 3.05) is 5.43 Å². The van der Waals surface area contributed by atoms with E-state index >= 15 is 0 Å². The highest BCUT2D eigenvalue weighted by molar-refractivity contribution is 7.12. The Hall–Kier alpha value is -2.68. The fourth-order valence-corrected chi connectivity index (χ4v) is 2.33. The third-order valence-electron chi connectivity index (χ3n) is 2.69. The molecule has 9 heteroatoms. The number of nitrogens with zero attached hydrogens (tertiary/aromatic N) is 3. The van der Waals surface area contributed by atoms with Crippen molar-refractivity contribution in [1.29, 1.82) is 0 Å². The number of anilines is 1. The lowest BCUT2D eigenvalue weighted by Crippen LogP contribution is -2.02. The molecule has 0 spiro atoms. The van der Waals surface area contributed by atoms with Gasteiger partial charge in [0.05, 0.1) is 17.4 Å². The first-order chi connectivity index (χ1) is 11.1. The SMILES string of the molecule is Fc1ccc(C=NNc2nc(-c3ccco3)cc(C(F)F)n2)s1. The lowest BCUT2D eigenvalue weighted by molar-refractivity contribution is 0.146. The van der Waals surface area contributed by atoms with Gasteiger partial charge in [-0.1, -0.05) is 0 Å². The van der Waals surface area contributed by atoms with Crippen LogP contribution in [0.3, 0.4) is 0 Å². The topological polar surface area (TPSA) is 63.3 Å². The van der Waals surface area contributed by atoms with Crippen molar-refractivity contribution in [2.24, 2.45) is 5.10 Å². The summed E-state index contributed by atoms with van der Waals surface area (Å²) < 4.78 is 43.9. The molecule has 0 fully saturated rings. The van der Waals surface area contributed by atoms with E-state index in [1.54, 1.807) is 12.1 Å². The van der Waals surface area contributed by atoms with Crippen molar-refractivity contribution in [2.45, 2.75) is 6.43 Å². The second-order valence-electron chi connectivity index (χ2n) is 4.29. The molecule has 0 aliphatic rings. The van der Waals surface area contributed by atoms with Crippen LogP contribution in [0, 0.1) is 5.13 Å². The van der Waals surface area contributed by atoms with E-state index in [2.05, 4.69) is 20.5 Å². The van der Waals surface area contributed by atoms with Gasteiger partial charge in [0, 0.05) is 0 Å². The predicted molar refractivity (Wildman–Crippen MR) is 80.2 cm³/mol. The smallest absolute Gasteiger partial charge is 0.280 e. The van der Waals surface area contributed by atoms with E-state index in [9.17, 15) is 13.2 Å². The van der Waals surface area contributed by atoms with Crippen LogP contribution in [0.15, 0.2) is 46.1 Å². The molecule has 1 N–H and O–H groups in total. The molecule has 23 heavy (non-hydrogen) atoms. The molecule has 3 heterocycles. The van der Waals surface area contributed by atoms with Gasteiger partial charge in [-0.25, -0.2) is 24.2 Å². The summed E-state index contributed by atoms with van der Waals surface area (Å²) in [5.41, 5.74) is 2.21. The Labute approximate surface area is 132 Å². The number of furan rings is 1. The highest BCUT2D eigenvalue weighted by Gasteiger charge is 2.15. The van der Waals surface area contributed by atoms with Crippen LogP contribution in [0.5, 0.6) is 0 Å². The van der Waals surface area contributed by atoms with Crippen molar-refractivity contribution in [3.63, 3.8) is 0 Å². The van der Waals surface area contributed by atoms with Crippen molar-refractivity contribution in [3.8, 4) is 11.5 Å². The molecule has 0 atom stereocenters. The number of halogens is 3. The summed E-state index contributed by atoms with van der Waals surface area (Å²) in [4.78, 5) is 8.30. The lowest BCUT2D eigenvalue weighted by Gasteiger charge is -2.05. The van der Waals surface area contributed by atoms with E-state index in [1.165, 1.54) is 24.6 Å². The van der Waals surface area contributed by atoms with E-state index < -0.39 is 12.1 Å². The first-order valence-electron chi connectivity index (χ1n) is 6.37. The maximum absolute atomic E-state index is 12.9. The number of hydrogen-bond donors (Lipinski definition) is 1. The molecule has 0 radical (unpaired) electrons. The molecule has 3 rings (SSSR count). The molecule has 0 aliphatic heterocycles. The number of aromatic nitrogens is 2. The van der Waals surface area contributed by atoms with Crippen LogP contribution in [-0.2, 0) is 0 Å². The Balaban J connectivity index is 1.84. The summed E-state index contributed by atoms with van der Waals surface area (Å²) >= 11 is 0.900. The summed E-state index contributed by atoms with van der Waals surface area (Å²) in [6.45, 7) is 0. The van der Waals surface area contributed by atoms with Gasteiger partial charge in [-0.05, 0) is 30.3 Å². The maximum atomic E-state index is 12.9. The van der Waals surface area contributed by atoms with Gasteiger partial charge < -0.3 is 4.42 Å². The van der Waals surface area contributed by atoms with E-state index in [1.807, 2.05) is 0 Å². The normalized spacial score (nSPS) is 11.5. The Morgan fingerprint density at radius 1 is 1.26 bits per heavy atom. The second-order valence-corrected chi connectivity index (χ2v) is 5.36. The van der Waals surface area contributed by atoms with Gasteiger partial charge in [-0.15, -0.1) is 11.3 Å². The van der Waals surface area contributed by atoms with E-state index in [0.717, 1.165) is 17.4 Å². The summed E-state index contributed by atoms with van der Waals surface area (Å²) in [5, 5.41) is 3.47. The molecule has 5 nitrogen and oxygen atoms in total. The van der Waals surface area contributed by atoms with Crippen molar-refractivity contribution in [1.82, 2.24) is 9.97 Å². The molecule has 118 valence electrons. The molecule has 0 saturated carbocycles. The minimum absolute atomic E-state index is 0.109. The fourth-order valence-electron chi connectivity index (χ4n) is 1.73. The number of nitrogens with one attached hydrogen (secondary N) is 1. The van der Waals surface area contributed by atoms with E-state index in [-0.39, 0.29) is 16.8 Å². The first-order valence-corrected chi connectivity index (χ1v) is 7.19. The maximum Gasteiger partial charge on any atom is 0.280 e. The van der Waals surface area contributed by atoms with Crippen LogP contribution < -0.4 is 5.43 Å². The Bertz CT molecular complexity index is 817. The molecule has 0 amide bonds. The van der Waals surface area contributed by atoms with Crippen molar-refractivity contribution >= 4 is 23.5 Å². The summed E-state index contributed by atoms with van der Waals surface area (Å²) in [6, 6.07) is 7.20. The fraction of sp³-hybridized carbons (Fsp3) is 0.0714. The van der Waals surface area contributed by atoms with Gasteiger partial charge in [0.1, 0.15) is 11.4 Å². The highest BCUT2D eigenvalue weighted by atomic mass is 32.1. The van der Waals surface area contributed by atoms with Crippen LogP contribution in [0.4, 0.5) is 19.1 Å². The molecule has 0 saturated heterocycles. The zero-order valence-electron chi connectivity index (χ0n) is 11.4. The molecule has 0 aliphatic carbocycles. The molecular weight excluding hydrogens is 329 g/mol. The molecule has 0 aromatic carbocycles. The van der Waals surface area contributed by atoms with Gasteiger partial charge in [0.2, 0.25) is 5.95 Å². The van der Waals surface area contributed by atoms with Crippen LogP contribution in [-0.4, -0.2) is 16.2 Å². The molecule has 0 unspecified atom stereocenters. The minimum atomic E-state index is -2.76. The van der Waals surface area contributed by atoms with Crippen LogP contribution in [0.2, 0.25) is 0 Å². The zero-order valence-corrected chi connectivity index (χ0v) is 12.2. The molecule has 0 bridgehead atoms. The van der Waals surface area contributed by atoms with E-state index in [4.69, 9.17) is 4.42 Å². The average molecular weight is 338 g/mol. The van der Waals surface area contributed by atoms with Gasteiger partial charge >= 0.3 is 0 Å². The average Bonchev–Trinajstić information content (AvgIpc) is 3.19. The molecule has 3 aromatic heterocycles. The number of hydrazone groups is 1. The first kappa shape index (κ1) is 15.2. The van der Waals surface area contributed by atoms with Crippen LogP contribution in [0.25, 0.3) is 11.5 Å². The zero-order chi connectivity index (χ0) is 16.2. The largest absolute Gasteiger partial charge is 0.463 e. The third-order valence-corrected chi connectivity index (χ3v) is 3.50. The Morgan fingerprint density at radius 2 is 2.13 bits per heavy atom. The second kappa shape index (κ2) is 6.61. The minimum Gasteiger partial charge on any atom is -0.463 e. The monoisotopic (exact) mass is 338 g/mol. The number of rotatable bonds is 5. The van der Waals surface area contributed by atoms with Crippen molar-refractivity contribution in [3.05, 3.63) is 52.3 Å². The number of alkyl halides is 2. The van der Waals surface area contributed by atoms with E-state index in [0.29, 0.717) is 10.6 Å². The van der Waals surface area contributed by atoms with Crippen LogP contribution in [0.1, 0.15) is 17.0 Å². The third kappa shape index (κ3) is 3.75. The Morgan fingerprint density at radius 3 is 2.78 bits per heavy atom. The number of hydrogen-bond acceptors (Lipinski definition) is 6. The van der Waals surface area contributed by atoms with Gasteiger partial charge in [-0.2, -0.15) is 9.49 Å². The predicted octanol–water partition coefficient (Wildman–Crippen LogP) is 4.32. The van der Waals surface area contributed by atoms with Gasteiger partial charge in [-0.3, -0.25) is 0 Å². The quantitative estimate of drug-likeness (QED) is 0.556. The standard InChI is InChI=1S/C14H9F3N4OS/c15-12-4-3-8(23-12)7-18-21-14-19-9(11-2-1-5-22-11)6-10(20-14)13(16)17/h1-7,13H,(H,19,20,21). The number of thiophene rings is 1. The van der Waals surface area contributed by atoms with Gasteiger partial charge in [0.25, 0.3) is 6.43 Å². The highest BCUT2D eigenvalue weighted by Crippen LogP contribution is 2.24. The lowest BCUT2D eigenvalue weighted by atomic mass is 10.2. The summed E-state index contributed by atoms with van der Waals surface area (Å²) in [5.74, 6) is 0.226. The molecular formula is C14H9F3N4OS. The van der Waals surface area contributed by atoms with Gasteiger partial charge in [0.15, 0.2) is 10.9 Å². The summed E-state index contributed by atoms with van der Waals surface area (Å²) in [6.07, 6.45) is -0.00272. The summed E-state index contributed by atoms with van der Waals surface area (Å²) in [7, 11) is 0. The van der Waals surface area contributed by atoms with Crippen molar-refractivity contribution < 1.29 is 17.6 Å².